The summed E-state index contributed by atoms with van der Waals surface area (Å²) in [6.45, 7) is 8.15. The minimum atomic E-state index is 0.469. The fourth-order valence-electron chi connectivity index (χ4n) is 2.61. The maximum Gasteiger partial charge on any atom is 0.131 e. The molecule has 0 fully saturated rings. The molecular formula is C17H26N4. The van der Waals surface area contributed by atoms with E-state index in [-0.39, 0.29) is 0 Å². The summed E-state index contributed by atoms with van der Waals surface area (Å²) < 4.78 is 1.98. The number of benzene rings is 1. The molecule has 0 unspecified atom stereocenters. The second-order valence-electron chi connectivity index (χ2n) is 5.89. The summed E-state index contributed by atoms with van der Waals surface area (Å²) in [6.07, 6.45) is 0. The number of hydrogen-bond acceptors (Lipinski definition) is 3. The molecule has 21 heavy (non-hydrogen) atoms. The molecule has 4 heteroatoms. The van der Waals surface area contributed by atoms with Crippen LogP contribution in [0, 0.1) is 6.92 Å². The molecule has 0 atom stereocenters. The zero-order valence-electron chi connectivity index (χ0n) is 13.7. The Morgan fingerprint density at radius 3 is 2.52 bits per heavy atom. The topological polar surface area (TPSA) is 33.1 Å². The Balaban J connectivity index is 2.21. The highest BCUT2D eigenvalue weighted by atomic mass is 15.4. The standard InChI is InChI=1S/C17H26N4/c1-13(2)18-11-16-14(3)19-21(5)17(16)20(4)12-15-9-7-6-8-10-15/h6-10,13,18H,11-12H2,1-5H3. The van der Waals surface area contributed by atoms with Gasteiger partial charge in [-0.3, -0.25) is 4.68 Å². The molecule has 0 amide bonds. The van der Waals surface area contributed by atoms with Gasteiger partial charge >= 0.3 is 0 Å². The van der Waals surface area contributed by atoms with Gasteiger partial charge in [0.1, 0.15) is 5.82 Å². The molecule has 1 N–H and O–H groups in total. The monoisotopic (exact) mass is 286 g/mol. The Hall–Kier alpha value is -1.81. The number of aromatic nitrogens is 2. The second kappa shape index (κ2) is 6.76. The largest absolute Gasteiger partial charge is 0.355 e. The van der Waals surface area contributed by atoms with Gasteiger partial charge in [-0.25, -0.2) is 0 Å². The molecule has 2 aromatic rings. The normalized spacial score (nSPS) is 11.1. The fraction of sp³-hybridized carbons (Fsp3) is 0.471. The fourth-order valence-corrected chi connectivity index (χ4v) is 2.61. The van der Waals surface area contributed by atoms with Crippen molar-refractivity contribution in [2.24, 2.45) is 7.05 Å². The van der Waals surface area contributed by atoms with Gasteiger partial charge in [0, 0.05) is 38.8 Å². The lowest BCUT2D eigenvalue weighted by Crippen LogP contribution is -2.25. The van der Waals surface area contributed by atoms with E-state index in [0.717, 1.165) is 18.8 Å². The highest BCUT2D eigenvalue weighted by Gasteiger charge is 2.17. The van der Waals surface area contributed by atoms with Crippen molar-refractivity contribution in [2.75, 3.05) is 11.9 Å². The van der Waals surface area contributed by atoms with Gasteiger partial charge in [-0.1, -0.05) is 44.2 Å². The first-order valence-corrected chi connectivity index (χ1v) is 7.50. The van der Waals surface area contributed by atoms with Gasteiger partial charge in [0.15, 0.2) is 0 Å². The minimum Gasteiger partial charge on any atom is -0.355 e. The van der Waals surface area contributed by atoms with E-state index in [9.17, 15) is 0 Å². The second-order valence-corrected chi connectivity index (χ2v) is 5.89. The smallest absolute Gasteiger partial charge is 0.131 e. The summed E-state index contributed by atoms with van der Waals surface area (Å²) in [5.41, 5.74) is 3.69. The van der Waals surface area contributed by atoms with E-state index >= 15 is 0 Å². The Labute approximate surface area is 127 Å². The maximum atomic E-state index is 4.59. The van der Waals surface area contributed by atoms with Gasteiger partial charge < -0.3 is 10.2 Å². The predicted octanol–water partition coefficient (Wildman–Crippen LogP) is 2.86. The van der Waals surface area contributed by atoms with Crippen molar-refractivity contribution in [3.05, 3.63) is 47.2 Å². The first kappa shape index (κ1) is 15.6. The van der Waals surface area contributed by atoms with Crippen molar-refractivity contribution < 1.29 is 0 Å². The van der Waals surface area contributed by atoms with E-state index in [4.69, 9.17) is 0 Å². The van der Waals surface area contributed by atoms with Gasteiger partial charge in [-0.2, -0.15) is 5.10 Å². The number of hydrogen-bond donors (Lipinski definition) is 1. The summed E-state index contributed by atoms with van der Waals surface area (Å²) in [6, 6.07) is 11.0. The van der Waals surface area contributed by atoms with Crippen LogP contribution in [0.2, 0.25) is 0 Å². The molecule has 1 aromatic carbocycles. The molecule has 0 aliphatic heterocycles. The zero-order chi connectivity index (χ0) is 15.4. The third-order valence-corrected chi connectivity index (χ3v) is 3.62. The molecule has 0 radical (unpaired) electrons. The Kier molecular flexibility index (Phi) is 5.02. The van der Waals surface area contributed by atoms with E-state index in [1.54, 1.807) is 0 Å². The molecule has 0 spiro atoms. The molecule has 1 aromatic heterocycles. The van der Waals surface area contributed by atoms with Crippen LogP contribution in [0.25, 0.3) is 0 Å². The van der Waals surface area contributed by atoms with Crippen LogP contribution in [0.1, 0.15) is 30.7 Å². The lowest BCUT2D eigenvalue weighted by atomic mass is 10.2. The van der Waals surface area contributed by atoms with Crippen molar-refractivity contribution in [3.63, 3.8) is 0 Å². The van der Waals surface area contributed by atoms with Crippen LogP contribution >= 0.6 is 0 Å². The van der Waals surface area contributed by atoms with Gasteiger partial charge in [-0.05, 0) is 12.5 Å². The van der Waals surface area contributed by atoms with E-state index in [2.05, 4.69) is 73.5 Å². The van der Waals surface area contributed by atoms with Crippen LogP contribution in [0.3, 0.4) is 0 Å². The Morgan fingerprint density at radius 2 is 1.90 bits per heavy atom. The Bertz CT molecular complexity index is 572. The lowest BCUT2D eigenvalue weighted by Gasteiger charge is -2.22. The van der Waals surface area contributed by atoms with Crippen LogP contribution in [0.15, 0.2) is 30.3 Å². The van der Waals surface area contributed by atoms with E-state index in [0.29, 0.717) is 6.04 Å². The van der Waals surface area contributed by atoms with Crippen molar-refractivity contribution in [3.8, 4) is 0 Å². The predicted molar refractivity (Wildman–Crippen MR) is 88.5 cm³/mol. The first-order chi connectivity index (χ1) is 9.99. The Morgan fingerprint density at radius 1 is 1.24 bits per heavy atom. The summed E-state index contributed by atoms with van der Waals surface area (Å²) in [4.78, 5) is 2.27. The number of nitrogens with one attached hydrogen (secondary N) is 1. The summed E-state index contributed by atoms with van der Waals surface area (Å²) in [7, 11) is 4.14. The number of aryl methyl sites for hydroxylation is 2. The summed E-state index contributed by atoms with van der Waals surface area (Å²) >= 11 is 0. The van der Waals surface area contributed by atoms with Crippen LogP contribution in [-0.4, -0.2) is 22.9 Å². The highest BCUT2D eigenvalue weighted by molar-refractivity contribution is 5.50. The molecule has 4 nitrogen and oxygen atoms in total. The third kappa shape index (κ3) is 3.85. The van der Waals surface area contributed by atoms with Crippen LogP contribution in [0.4, 0.5) is 5.82 Å². The number of nitrogens with zero attached hydrogens (tertiary/aromatic N) is 3. The molecule has 1 heterocycles. The number of anilines is 1. The van der Waals surface area contributed by atoms with Crippen LogP contribution in [0.5, 0.6) is 0 Å². The van der Waals surface area contributed by atoms with Crippen molar-refractivity contribution in [1.29, 1.82) is 0 Å². The minimum absolute atomic E-state index is 0.469. The molecule has 0 aliphatic carbocycles. The average molecular weight is 286 g/mol. The first-order valence-electron chi connectivity index (χ1n) is 7.50. The van der Waals surface area contributed by atoms with Crippen LogP contribution < -0.4 is 10.2 Å². The molecule has 0 saturated carbocycles. The third-order valence-electron chi connectivity index (χ3n) is 3.62. The SMILES string of the molecule is Cc1nn(C)c(N(C)Cc2ccccc2)c1CNC(C)C. The molecule has 2 rings (SSSR count). The molecule has 0 aliphatic rings. The molecule has 114 valence electrons. The zero-order valence-corrected chi connectivity index (χ0v) is 13.7. The van der Waals surface area contributed by atoms with Gasteiger partial charge in [-0.15, -0.1) is 0 Å². The van der Waals surface area contributed by atoms with Crippen LogP contribution in [-0.2, 0) is 20.1 Å². The van der Waals surface area contributed by atoms with Gasteiger partial charge in [0.25, 0.3) is 0 Å². The highest BCUT2D eigenvalue weighted by Crippen LogP contribution is 2.23. The van der Waals surface area contributed by atoms with Crippen molar-refractivity contribution in [1.82, 2.24) is 15.1 Å². The number of rotatable bonds is 6. The average Bonchev–Trinajstić information content (AvgIpc) is 2.71. The quantitative estimate of drug-likeness (QED) is 0.886. The van der Waals surface area contributed by atoms with Crippen molar-refractivity contribution in [2.45, 2.75) is 39.9 Å². The lowest BCUT2D eigenvalue weighted by molar-refractivity contribution is 0.586. The molecular weight excluding hydrogens is 260 g/mol. The van der Waals surface area contributed by atoms with E-state index in [1.807, 2.05) is 11.7 Å². The van der Waals surface area contributed by atoms with Gasteiger partial charge in [0.2, 0.25) is 0 Å². The summed E-state index contributed by atoms with van der Waals surface area (Å²) in [5.74, 6) is 1.18. The van der Waals surface area contributed by atoms with E-state index < -0.39 is 0 Å². The van der Waals surface area contributed by atoms with E-state index in [1.165, 1.54) is 16.9 Å². The van der Waals surface area contributed by atoms with Gasteiger partial charge in [0.05, 0.1) is 5.69 Å². The van der Waals surface area contributed by atoms with Crippen molar-refractivity contribution >= 4 is 5.82 Å². The summed E-state index contributed by atoms with van der Waals surface area (Å²) in [5, 5.41) is 8.08. The maximum absolute atomic E-state index is 4.59. The molecule has 0 saturated heterocycles. The molecule has 0 bridgehead atoms.